The molecule has 3 rings (SSSR count). The average molecular weight is 333 g/mol. The fraction of sp³-hybridized carbons (Fsp3) is 0. The second kappa shape index (κ2) is 5.83. The number of primary amides is 1. The second-order valence-corrected chi connectivity index (χ2v) is 5.43. The van der Waals surface area contributed by atoms with Crippen molar-refractivity contribution in [1.82, 2.24) is 0 Å². The van der Waals surface area contributed by atoms with E-state index in [2.05, 4.69) is 4.99 Å². The molecule has 2 aromatic carbocycles. The topological polar surface area (TPSA) is 68.6 Å². The van der Waals surface area contributed by atoms with Gasteiger partial charge in [0.05, 0.1) is 10.7 Å². The van der Waals surface area contributed by atoms with E-state index in [1.165, 1.54) is 0 Å². The summed E-state index contributed by atoms with van der Waals surface area (Å²) in [6.07, 6.45) is 0. The summed E-state index contributed by atoms with van der Waals surface area (Å²) in [6.45, 7) is 0. The number of hydrogen-bond acceptors (Lipinski definition) is 3. The lowest BCUT2D eigenvalue weighted by molar-refractivity contribution is 0.0996. The van der Waals surface area contributed by atoms with Crippen molar-refractivity contribution in [3.05, 3.63) is 69.7 Å². The fourth-order valence-electron chi connectivity index (χ4n) is 2.04. The molecule has 0 saturated heterocycles. The maximum absolute atomic E-state index is 11.7. The first-order valence-corrected chi connectivity index (χ1v) is 7.12. The van der Waals surface area contributed by atoms with Crippen molar-refractivity contribution in [3.63, 3.8) is 0 Å². The Hall–Kier alpha value is -2.30. The van der Waals surface area contributed by atoms with Gasteiger partial charge in [0.25, 0.3) is 5.91 Å². The molecular formula is C16H10Cl2N2O2. The molecule has 3 aromatic rings. The molecule has 1 heterocycles. The van der Waals surface area contributed by atoms with E-state index in [4.69, 9.17) is 33.4 Å². The summed E-state index contributed by atoms with van der Waals surface area (Å²) < 4.78 is 5.69. The van der Waals surface area contributed by atoms with E-state index < -0.39 is 5.91 Å². The number of fused-ring (bicyclic) bond motifs is 1. The van der Waals surface area contributed by atoms with Gasteiger partial charge in [-0.15, -0.1) is 0 Å². The average Bonchev–Trinajstić information content (AvgIpc) is 2.48. The first kappa shape index (κ1) is 14.6. The van der Waals surface area contributed by atoms with Crippen molar-refractivity contribution >= 4 is 45.8 Å². The summed E-state index contributed by atoms with van der Waals surface area (Å²) >= 11 is 12.1. The minimum atomic E-state index is -0.642. The summed E-state index contributed by atoms with van der Waals surface area (Å²) in [5.74, 6) is -0.642. The van der Waals surface area contributed by atoms with Crippen LogP contribution in [0.25, 0.3) is 11.0 Å². The van der Waals surface area contributed by atoms with Crippen molar-refractivity contribution in [2.75, 3.05) is 0 Å². The number of benzene rings is 2. The van der Waals surface area contributed by atoms with E-state index in [9.17, 15) is 4.79 Å². The molecule has 0 saturated carbocycles. The maximum Gasteiger partial charge on any atom is 0.254 e. The van der Waals surface area contributed by atoms with Crippen LogP contribution in [-0.2, 0) is 0 Å². The van der Waals surface area contributed by atoms with Crippen LogP contribution in [0.15, 0.2) is 57.9 Å². The molecule has 0 unspecified atom stereocenters. The monoisotopic (exact) mass is 332 g/mol. The highest BCUT2D eigenvalue weighted by Gasteiger charge is 2.12. The minimum absolute atomic E-state index is 0.107. The van der Waals surface area contributed by atoms with Crippen LogP contribution in [0.1, 0.15) is 10.4 Å². The number of rotatable bonds is 2. The lowest BCUT2D eigenvalue weighted by Crippen LogP contribution is -2.21. The summed E-state index contributed by atoms with van der Waals surface area (Å²) in [5.41, 5.74) is 6.71. The lowest BCUT2D eigenvalue weighted by atomic mass is 10.2. The predicted octanol–water partition coefficient (Wildman–Crippen LogP) is 4.07. The summed E-state index contributed by atoms with van der Waals surface area (Å²) in [6, 6.07) is 13.9. The number of carbonyl (C=O) groups excluding carboxylic acids is 1. The normalized spacial score (nSPS) is 11.8. The molecule has 0 atom stereocenters. The van der Waals surface area contributed by atoms with Crippen LogP contribution in [0.2, 0.25) is 10.0 Å². The van der Waals surface area contributed by atoms with Gasteiger partial charge in [-0.1, -0.05) is 41.4 Å². The molecule has 0 fully saturated rings. The number of hydrogen-bond donors (Lipinski definition) is 1. The molecule has 6 heteroatoms. The smallest absolute Gasteiger partial charge is 0.254 e. The predicted molar refractivity (Wildman–Crippen MR) is 86.4 cm³/mol. The number of nitrogens with two attached hydrogens (primary N) is 1. The zero-order valence-corrected chi connectivity index (χ0v) is 12.7. The highest BCUT2D eigenvalue weighted by molar-refractivity contribution is 6.38. The van der Waals surface area contributed by atoms with Gasteiger partial charge in [-0.05, 0) is 30.3 Å². The van der Waals surface area contributed by atoms with Gasteiger partial charge in [0.2, 0.25) is 5.55 Å². The Kier molecular flexibility index (Phi) is 3.88. The van der Waals surface area contributed by atoms with E-state index in [0.29, 0.717) is 26.7 Å². The van der Waals surface area contributed by atoms with E-state index in [-0.39, 0.29) is 11.1 Å². The van der Waals surface area contributed by atoms with Crippen LogP contribution in [0, 0.1) is 0 Å². The number of carbonyl (C=O) groups is 1. The third-order valence-electron chi connectivity index (χ3n) is 3.02. The summed E-state index contributed by atoms with van der Waals surface area (Å²) in [4.78, 5) is 16.0. The Morgan fingerprint density at radius 2 is 1.82 bits per heavy atom. The second-order valence-electron chi connectivity index (χ2n) is 4.58. The zero-order valence-electron chi connectivity index (χ0n) is 11.2. The number of para-hydroxylation sites is 1. The van der Waals surface area contributed by atoms with Crippen molar-refractivity contribution in [2.45, 2.75) is 0 Å². The SMILES string of the molecule is NC(=O)c1cc2cc(Cl)cc(Cl)c2oc1=Nc1ccccc1. The van der Waals surface area contributed by atoms with Gasteiger partial charge in [-0.3, -0.25) is 4.79 Å². The standard InChI is InChI=1S/C16H10Cl2N2O2/c17-10-6-9-7-12(15(19)21)16(22-14(9)13(18)8-10)20-11-4-2-1-3-5-11/h1-8H,(H2,19,21). The van der Waals surface area contributed by atoms with E-state index >= 15 is 0 Å². The van der Waals surface area contributed by atoms with Gasteiger partial charge in [0, 0.05) is 10.4 Å². The zero-order chi connectivity index (χ0) is 15.7. The highest BCUT2D eigenvalue weighted by atomic mass is 35.5. The summed E-state index contributed by atoms with van der Waals surface area (Å²) in [7, 11) is 0. The van der Waals surface area contributed by atoms with E-state index in [1.807, 2.05) is 18.2 Å². The molecule has 0 aliphatic heterocycles. The molecule has 22 heavy (non-hydrogen) atoms. The van der Waals surface area contributed by atoms with Gasteiger partial charge in [0.1, 0.15) is 5.56 Å². The quantitative estimate of drug-likeness (QED) is 0.768. The molecule has 1 aromatic heterocycles. The number of halogens is 2. The molecule has 0 aliphatic carbocycles. The van der Waals surface area contributed by atoms with Gasteiger partial charge in [0.15, 0.2) is 5.58 Å². The van der Waals surface area contributed by atoms with Crippen LogP contribution >= 0.6 is 23.2 Å². The van der Waals surface area contributed by atoms with Crippen LogP contribution in [0.3, 0.4) is 0 Å². The van der Waals surface area contributed by atoms with Gasteiger partial charge < -0.3 is 10.2 Å². The largest absolute Gasteiger partial charge is 0.436 e. The Morgan fingerprint density at radius 1 is 1.09 bits per heavy atom. The molecular weight excluding hydrogens is 323 g/mol. The van der Waals surface area contributed by atoms with Crippen LogP contribution in [0.5, 0.6) is 0 Å². The Labute approximate surface area is 135 Å². The van der Waals surface area contributed by atoms with Crippen LogP contribution in [0.4, 0.5) is 5.69 Å². The van der Waals surface area contributed by atoms with Crippen molar-refractivity contribution in [2.24, 2.45) is 10.7 Å². The molecule has 0 bridgehead atoms. The number of amides is 1. The van der Waals surface area contributed by atoms with E-state index in [0.717, 1.165) is 0 Å². The number of nitrogens with zero attached hydrogens (tertiary/aromatic N) is 1. The van der Waals surface area contributed by atoms with Gasteiger partial charge in [-0.25, -0.2) is 4.99 Å². The Morgan fingerprint density at radius 3 is 2.50 bits per heavy atom. The molecule has 2 N–H and O–H groups in total. The highest BCUT2D eigenvalue weighted by Crippen LogP contribution is 2.27. The molecule has 0 radical (unpaired) electrons. The first-order chi connectivity index (χ1) is 10.5. The molecule has 110 valence electrons. The van der Waals surface area contributed by atoms with Crippen molar-refractivity contribution < 1.29 is 9.21 Å². The fourth-order valence-corrected chi connectivity index (χ4v) is 2.59. The lowest BCUT2D eigenvalue weighted by Gasteiger charge is -2.04. The summed E-state index contributed by atoms with van der Waals surface area (Å²) in [5, 5.41) is 1.36. The molecule has 4 nitrogen and oxygen atoms in total. The third-order valence-corrected chi connectivity index (χ3v) is 3.52. The third kappa shape index (κ3) is 2.84. The van der Waals surface area contributed by atoms with E-state index in [1.54, 1.807) is 30.3 Å². The van der Waals surface area contributed by atoms with Gasteiger partial charge in [-0.2, -0.15) is 0 Å². The first-order valence-electron chi connectivity index (χ1n) is 6.37. The Bertz CT molecular complexity index is 934. The minimum Gasteiger partial charge on any atom is -0.436 e. The van der Waals surface area contributed by atoms with Crippen LogP contribution in [-0.4, -0.2) is 5.91 Å². The van der Waals surface area contributed by atoms with Crippen LogP contribution < -0.4 is 11.3 Å². The molecule has 1 amide bonds. The van der Waals surface area contributed by atoms with Crippen molar-refractivity contribution in [3.8, 4) is 0 Å². The molecule has 0 aliphatic rings. The maximum atomic E-state index is 11.7. The van der Waals surface area contributed by atoms with Crippen molar-refractivity contribution in [1.29, 1.82) is 0 Å². The van der Waals surface area contributed by atoms with Gasteiger partial charge >= 0.3 is 0 Å². The molecule has 0 spiro atoms. The Balaban J connectivity index is 2.35.